The number of ether oxygens (including phenoxy) is 4. The highest BCUT2D eigenvalue weighted by molar-refractivity contribution is 5.76. The summed E-state index contributed by atoms with van der Waals surface area (Å²) in [5, 5.41) is 10.3. The Morgan fingerprint density at radius 1 is 0.923 bits per heavy atom. The van der Waals surface area contributed by atoms with Crippen molar-refractivity contribution in [3.63, 3.8) is 0 Å². The third kappa shape index (κ3) is 7.17. The molecule has 0 radical (unpaired) electrons. The fourth-order valence-electron chi connectivity index (χ4n) is 5.88. The van der Waals surface area contributed by atoms with Crippen molar-refractivity contribution in [2.75, 3.05) is 60.7 Å². The molecule has 5 rings (SSSR count). The minimum Gasteiger partial charge on any atom is -0.493 e. The van der Waals surface area contributed by atoms with Gasteiger partial charge >= 0.3 is 0 Å². The number of para-hydroxylation sites is 1. The molecule has 1 amide bonds. The molecule has 8 heteroatoms. The van der Waals surface area contributed by atoms with Crippen molar-refractivity contribution in [2.24, 2.45) is 5.41 Å². The van der Waals surface area contributed by atoms with Gasteiger partial charge in [-0.05, 0) is 68.3 Å². The van der Waals surface area contributed by atoms with Crippen LogP contribution in [0.5, 0.6) is 23.0 Å². The van der Waals surface area contributed by atoms with Crippen LogP contribution in [0.25, 0.3) is 0 Å². The van der Waals surface area contributed by atoms with Crippen molar-refractivity contribution in [1.82, 2.24) is 9.80 Å². The smallest absolute Gasteiger partial charge is 0.223 e. The van der Waals surface area contributed by atoms with Crippen LogP contribution in [0.15, 0.2) is 36.4 Å². The Balaban J connectivity index is 1.47. The second kappa shape index (κ2) is 13.9. The topological polar surface area (TPSA) is 80.7 Å². The number of nitrogens with zero attached hydrogens (tertiary/aromatic N) is 2. The maximum atomic E-state index is 13.5. The van der Waals surface area contributed by atoms with Crippen molar-refractivity contribution in [3.8, 4) is 23.0 Å². The molecule has 0 aromatic heterocycles. The molecule has 2 aromatic carbocycles. The zero-order valence-electron chi connectivity index (χ0n) is 23.7. The zero-order valence-corrected chi connectivity index (χ0v) is 23.7. The Morgan fingerprint density at radius 3 is 2.41 bits per heavy atom. The first-order chi connectivity index (χ1) is 19.0. The van der Waals surface area contributed by atoms with Gasteiger partial charge in [0.15, 0.2) is 11.5 Å². The van der Waals surface area contributed by atoms with Gasteiger partial charge in [0.2, 0.25) is 11.7 Å². The Labute approximate surface area is 232 Å². The van der Waals surface area contributed by atoms with E-state index in [9.17, 15) is 9.90 Å². The largest absolute Gasteiger partial charge is 0.493 e. The molecule has 0 aliphatic carbocycles. The molecule has 39 heavy (non-hydrogen) atoms. The maximum Gasteiger partial charge on any atom is 0.223 e. The van der Waals surface area contributed by atoms with Gasteiger partial charge in [-0.3, -0.25) is 9.69 Å². The summed E-state index contributed by atoms with van der Waals surface area (Å²) in [5.74, 6) is 2.71. The summed E-state index contributed by atoms with van der Waals surface area (Å²) in [4.78, 5) is 17.9. The van der Waals surface area contributed by atoms with Gasteiger partial charge in [-0.2, -0.15) is 0 Å². The number of aliphatic hydroxyl groups is 1. The number of piperidine rings is 1. The summed E-state index contributed by atoms with van der Waals surface area (Å²) in [6.07, 6.45) is 5.80. The molecule has 2 bridgehead atoms. The predicted molar refractivity (Wildman–Crippen MR) is 151 cm³/mol. The normalized spacial score (nSPS) is 22.2. The van der Waals surface area contributed by atoms with Crippen molar-refractivity contribution in [3.05, 3.63) is 47.5 Å². The second-order valence-corrected chi connectivity index (χ2v) is 10.7. The Hall–Kier alpha value is -2.97. The third-order valence-electron chi connectivity index (χ3n) is 8.37. The van der Waals surface area contributed by atoms with E-state index in [0.29, 0.717) is 49.8 Å². The van der Waals surface area contributed by atoms with Crippen LogP contribution in [-0.2, 0) is 17.8 Å². The predicted octanol–water partition coefficient (Wildman–Crippen LogP) is 4.31. The lowest BCUT2D eigenvalue weighted by Crippen LogP contribution is -2.41. The highest BCUT2D eigenvalue weighted by Gasteiger charge is 2.34. The molecular weight excluding hydrogens is 496 g/mol. The molecular formula is C31H44N2O6. The number of rotatable bonds is 7. The SMILES string of the molecule is COc1ccc(CCC(=O)N2CCCCC3(CO)CCN(CC3)Cc3ccccc3OCC2)c(OC)c1OC. The minimum atomic E-state index is -0.00842. The van der Waals surface area contributed by atoms with Crippen LogP contribution in [0.1, 0.15) is 49.7 Å². The van der Waals surface area contributed by atoms with Crippen molar-refractivity contribution < 1.29 is 28.8 Å². The molecule has 3 aliphatic rings. The molecule has 1 N–H and O–H groups in total. The Morgan fingerprint density at radius 2 is 1.69 bits per heavy atom. The van der Waals surface area contributed by atoms with Gasteiger partial charge in [0.05, 0.1) is 27.9 Å². The van der Waals surface area contributed by atoms with Gasteiger partial charge in [-0.1, -0.05) is 30.7 Å². The van der Waals surface area contributed by atoms with Crippen LogP contribution in [0.4, 0.5) is 0 Å². The van der Waals surface area contributed by atoms with E-state index in [1.54, 1.807) is 21.3 Å². The number of aliphatic hydroxyl groups excluding tert-OH is 1. The molecule has 2 aromatic rings. The van der Waals surface area contributed by atoms with E-state index < -0.39 is 0 Å². The number of benzene rings is 2. The van der Waals surface area contributed by atoms with Gasteiger partial charge in [-0.25, -0.2) is 0 Å². The van der Waals surface area contributed by atoms with E-state index in [0.717, 1.165) is 63.1 Å². The molecule has 0 spiro atoms. The first-order valence-corrected chi connectivity index (χ1v) is 14.1. The van der Waals surface area contributed by atoms with Crippen LogP contribution in [0.2, 0.25) is 0 Å². The molecule has 214 valence electrons. The Bertz CT molecular complexity index is 1080. The quantitative estimate of drug-likeness (QED) is 0.561. The molecule has 0 saturated carbocycles. The molecule has 3 aliphatic heterocycles. The standard InChI is InChI=1S/C31H44N2O6/c1-36-27-12-10-24(29(37-2)30(27)38-3)11-13-28(35)33-17-7-6-14-31(23-34)15-18-32(19-16-31)22-25-8-4-5-9-26(25)39-21-20-33/h4-5,8-10,12,34H,6-7,11,13-23H2,1-3H3. The summed E-state index contributed by atoms with van der Waals surface area (Å²) in [7, 11) is 4.78. The minimum absolute atomic E-state index is 0.00842. The number of carbonyl (C=O) groups excluding carboxylic acids is 1. The van der Waals surface area contributed by atoms with E-state index in [4.69, 9.17) is 18.9 Å². The van der Waals surface area contributed by atoms with Crippen LogP contribution in [0.3, 0.4) is 0 Å². The molecule has 1 saturated heterocycles. The zero-order chi connectivity index (χ0) is 27.7. The van der Waals surface area contributed by atoms with Crippen LogP contribution in [-0.4, -0.2) is 81.5 Å². The number of amides is 1. The first kappa shape index (κ1) is 29.0. The monoisotopic (exact) mass is 540 g/mol. The number of carbonyl (C=O) groups is 1. The van der Waals surface area contributed by atoms with Gasteiger partial charge in [0.1, 0.15) is 12.4 Å². The second-order valence-electron chi connectivity index (χ2n) is 10.7. The summed E-state index contributed by atoms with van der Waals surface area (Å²) < 4.78 is 22.8. The average Bonchev–Trinajstić information content (AvgIpc) is 2.98. The summed E-state index contributed by atoms with van der Waals surface area (Å²) in [5.41, 5.74) is 2.07. The molecule has 0 atom stereocenters. The lowest BCUT2D eigenvalue weighted by molar-refractivity contribution is -0.131. The molecule has 3 heterocycles. The van der Waals surface area contributed by atoms with Gasteiger partial charge < -0.3 is 29.0 Å². The fourth-order valence-corrected chi connectivity index (χ4v) is 5.88. The lowest BCUT2D eigenvalue weighted by Gasteiger charge is -2.41. The number of hydrogen-bond donors (Lipinski definition) is 1. The summed E-state index contributed by atoms with van der Waals surface area (Å²) in [6.45, 7) is 4.71. The highest BCUT2D eigenvalue weighted by Crippen LogP contribution is 2.40. The van der Waals surface area contributed by atoms with E-state index in [1.165, 1.54) is 5.56 Å². The lowest BCUT2D eigenvalue weighted by atomic mass is 9.75. The van der Waals surface area contributed by atoms with Crippen molar-refractivity contribution >= 4 is 5.91 Å². The number of hydrogen-bond acceptors (Lipinski definition) is 7. The molecule has 0 unspecified atom stereocenters. The Kier molecular flexibility index (Phi) is 10.3. The fraction of sp³-hybridized carbons (Fsp3) is 0.581. The van der Waals surface area contributed by atoms with E-state index in [1.807, 2.05) is 29.2 Å². The highest BCUT2D eigenvalue weighted by atomic mass is 16.5. The van der Waals surface area contributed by atoms with E-state index >= 15 is 0 Å². The third-order valence-corrected chi connectivity index (χ3v) is 8.37. The first-order valence-electron chi connectivity index (χ1n) is 14.1. The number of aryl methyl sites for hydroxylation is 1. The van der Waals surface area contributed by atoms with E-state index in [2.05, 4.69) is 17.0 Å². The van der Waals surface area contributed by atoms with Crippen molar-refractivity contribution in [1.29, 1.82) is 0 Å². The van der Waals surface area contributed by atoms with Crippen LogP contribution >= 0.6 is 0 Å². The van der Waals surface area contributed by atoms with Crippen LogP contribution in [0, 0.1) is 5.41 Å². The number of methoxy groups -OCH3 is 3. The molecule has 8 nitrogen and oxygen atoms in total. The van der Waals surface area contributed by atoms with Crippen LogP contribution < -0.4 is 18.9 Å². The van der Waals surface area contributed by atoms with Gasteiger partial charge in [0, 0.05) is 31.7 Å². The van der Waals surface area contributed by atoms with Crippen molar-refractivity contribution in [2.45, 2.75) is 51.5 Å². The summed E-state index contributed by atoms with van der Waals surface area (Å²) >= 11 is 0. The average molecular weight is 541 g/mol. The molecule has 1 fully saturated rings. The van der Waals surface area contributed by atoms with Gasteiger partial charge in [0.25, 0.3) is 0 Å². The summed E-state index contributed by atoms with van der Waals surface area (Å²) in [6, 6.07) is 12.0. The number of fused-ring (bicyclic) bond motifs is 9. The van der Waals surface area contributed by atoms with Gasteiger partial charge in [-0.15, -0.1) is 0 Å². The van der Waals surface area contributed by atoms with E-state index in [-0.39, 0.29) is 17.9 Å². The maximum absolute atomic E-state index is 13.5.